The fourth-order valence-electron chi connectivity index (χ4n) is 17.1. The molecular formula is C102H116N8O2S5. The molecule has 7 heterocycles. The van der Waals surface area contributed by atoms with Crippen LogP contribution in [0.25, 0.3) is 151 Å². The minimum absolute atomic E-state index is 0.667. The zero-order chi connectivity index (χ0) is 80.1. The second-order valence-corrected chi connectivity index (χ2v) is 36.8. The van der Waals surface area contributed by atoms with Gasteiger partial charge in [0.1, 0.15) is 50.1 Å². The first-order valence-corrected chi connectivity index (χ1v) is 48.4. The summed E-state index contributed by atoms with van der Waals surface area (Å²) in [6, 6.07) is 57.1. The van der Waals surface area contributed by atoms with Crippen molar-refractivity contribution in [2.75, 3.05) is 13.2 Å². The molecule has 15 rings (SSSR count). The summed E-state index contributed by atoms with van der Waals surface area (Å²) in [6.07, 6.45) is 41.7. The smallest absolute Gasteiger partial charge is 0.119 e. The first-order valence-electron chi connectivity index (χ1n) is 44.5. The first kappa shape index (κ1) is 83.4. The molecule has 0 radical (unpaired) electrons. The molecule has 15 heteroatoms. The van der Waals surface area contributed by atoms with E-state index in [4.69, 9.17) is 46.9 Å². The van der Waals surface area contributed by atoms with Crippen LogP contribution in [0.2, 0.25) is 0 Å². The minimum Gasteiger partial charge on any atom is -0.494 e. The predicted molar refractivity (Wildman–Crippen MR) is 505 cm³/mol. The van der Waals surface area contributed by atoms with E-state index in [0.29, 0.717) is 13.2 Å². The summed E-state index contributed by atoms with van der Waals surface area (Å²) in [5.74, 6) is 1.69. The molecule has 0 aliphatic carbocycles. The highest BCUT2D eigenvalue weighted by atomic mass is 32.1. The number of benzene rings is 8. The number of aromatic nitrogens is 8. The number of rotatable bonds is 46. The Bertz CT molecular complexity index is 5690. The van der Waals surface area contributed by atoms with Crippen molar-refractivity contribution in [1.82, 2.24) is 37.4 Å². The van der Waals surface area contributed by atoms with Gasteiger partial charge >= 0.3 is 0 Å². The molecule has 0 spiro atoms. The van der Waals surface area contributed by atoms with Crippen LogP contribution >= 0.6 is 57.5 Å². The highest BCUT2D eigenvalue weighted by Crippen LogP contribution is 2.53. The monoisotopic (exact) mass is 1640 g/mol. The van der Waals surface area contributed by atoms with Crippen molar-refractivity contribution in [1.29, 1.82) is 0 Å². The van der Waals surface area contributed by atoms with E-state index in [0.717, 1.165) is 182 Å². The predicted octanol–water partition coefficient (Wildman–Crippen LogP) is 32.4. The number of nitrogens with zero attached hydrogens (tertiary/aromatic N) is 8. The van der Waals surface area contributed by atoms with Crippen LogP contribution in [0.4, 0.5) is 0 Å². The molecule has 0 N–H and O–H groups in total. The molecule has 10 nitrogen and oxygen atoms in total. The summed E-state index contributed by atoms with van der Waals surface area (Å²) < 4.78 is 37.0. The number of aryl methyl sites for hydroxylation is 4. The van der Waals surface area contributed by atoms with Gasteiger partial charge in [-0.05, 0) is 147 Å². The number of thiophene rings is 3. The number of ether oxygens (including phenoxy) is 2. The molecule has 0 unspecified atom stereocenters. The fraction of sp³-hybridized carbons (Fsp3) is 0.412. The Morgan fingerprint density at radius 2 is 0.650 bits per heavy atom. The lowest BCUT2D eigenvalue weighted by Crippen LogP contribution is -2.01. The number of hydrogen-bond donors (Lipinski definition) is 0. The lowest BCUT2D eigenvalue weighted by molar-refractivity contribution is 0.304. The van der Waals surface area contributed by atoms with E-state index in [2.05, 4.69) is 199 Å². The van der Waals surface area contributed by atoms with Crippen LogP contribution in [0.15, 0.2) is 158 Å². The van der Waals surface area contributed by atoms with Gasteiger partial charge in [0.05, 0.1) is 65.0 Å². The van der Waals surface area contributed by atoms with Crippen LogP contribution in [-0.2, 0) is 12.8 Å². The largest absolute Gasteiger partial charge is 0.494 e. The molecule has 117 heavy (non-hydrogen) atoms. The average molecular weight is 1650 g/mol. The maximum Gasteiger partial charge on any atom is 0.119 e. The number of unbranched alkanes of at least 4 members (excludes halogenated alkanes) is 28. The van der Waals surface area contributed by atoms with E-state index in [1.54, 1.807) is 11.3 Å². The molecule has 0 aliphatic rings. The van der Waals surface area contributed by atoms with Crippen LogP contribution in [0.5, 0.6) is 11.5 Å². The van der Waals surface area contributed by atoms with Crippen molar-refractivity contribution in [3.8, 4) is 98.3 Å². The summed E-state index contributed by atoms with van der Waals surface area (Å²) in [7, 11) is 0. The average Bonchev–Trinajstić information content (AvgIpc) is 1.61. The molecule has 0 atom stereocenters. The van der Waals surface area contributed by atoms with Crippen molar-refractivity contribution >= 4 is 122 Å². The van der Waals surface area contributed by atoms with Gasteiger partial charge in [0.2, 0.25) is 0 Å². The number of hydrogen-bond acceptors (Lipinski definition) is 15. The van der Waals surface area contributed by atoms with Crippen LogP contribution in [0.1, 0.15) is 255 Å². The van der Waals surface area contributed by atoms with Gasteiger partial charge in [0.25, 0.3) is 0 Å². The summed E-state index contributed by atoms with van der Waals surface area (Å²) >= 11 is 8.20. The van der Waals surface area contributed by atoms with Crippen LogP contribution in [-0.4, -0.2) is 50.6 Å². The summed E-state index contributed by atoms with van der Waals surface area (Å²) in [5.41, 5.74) is 23.2. The molecule has 0 amide bonds. The van der Waals surface area contributed by atoms with Crippen molar-refractivity contribution in [3.63, 3.8) is 0 Å². The third-order valence-electron chi connectivity index (χ3n) is 23.5. The van der Waals surface area contributed by atoms with Crippen molar-refractivity contribution in [2.45, 2.75) is 260 Å². The Morgan fingerprint density at radius 3 is 1.12 bits per heavy atom. The lowest BCUT2D eigenvalue weighted by Gasteiger charge is -2.16. The van der Waals surface area contributed by atoms with Crippen molar-refractivity contribution in [3.05, 3.63) is 180 Å². The second kappa shape index (κ2) is 41.8. The molecular weight excluding hydrogens is 1530 g/mol. The van der Waals surface area contributed by atoms with Gasteiger partial charge in [-0.1, -0.05) is 310 Å². The zero-order valence-electron chi connectivity index (χ0n) is 69.9. The molecule has 606 valence electrons. The van der Waals surface area contributed by atoms with E-state index >= 15 is 0 Å². The van der Waals surface area contributed by atoms with Crippen LogP contribution in [0.3, 0.4) is 0 Å². The van der Waals surface area contributed by atoms with E-state index in [1.165, 1.54) is 244 Å². The van der Waals surface area contributed by atoms with Gasteiger partial charge < -0.3 is 9.47 Å². The Hall–Kier alpha value is -8.70. The molecule has 0 bridgehead atoms. The number of fused-ring (bicyclic) bond motifs is 6. The SMILES string of the molecule is CCCCCCCCCCCCc1c2cc(-c3c4nsnc4c(-c4ccc(-c5ccccc5)s4)c4nc(-c5cccc(OCCCCCCCC)c5)c(-c5cccc(C)c5)nc34)sc2c(CCCCCCCCCCCC)c2cc(-c3c4nsnc4cc4nc(-c5cccc(C)c5)c(-c5cccc(OCCCCCCCC)c5)nc34)sc12. The third-order valence-corrected chi connectivity index (χ3v) is 28.1. The normalized spacial score (nSPS) is 11.9. The van der Waals surface area contributed by atoms with Gasteiger partial charge in [-0.25, -0.2) is 19.9 Å². The Kier molecular flexibility index (Phi) is 29.8. The zero-order valence-corrected chi connectivity index (χ0v) is 74.0. The molecule has 8 aromatic carbocycles. The summed E-state index contributed by atoms with van der Waals surface area (Å²) in [6.45, 7) is 14.9. The molecule has 0 saturated carbocycles. The Morgan fingerprint density at radius 1 is 0.274 bits per heavy atom. The van der Waals surface area contributed by atoms with Crippen LogP contribution < -0.4 is 9.47 Å². The summed E-state index contributed by atoms with van der Waals surface area (Å²) in [4.78, 5) is 28.4. The Labute approximate surface area is 714 Å². The molecule has 0 saturated heterocycles. The second-order valence-electron chi connectivity index (χ2n) is 32.6. The first-order chi connectivity index (χ1) is 57.7. The highest BCUT2D eigenvalue weighted by molar-refractivity contribution is 7.24. The topological polar surface area (TPSA) is 122 Å². The van der Waals surface area contributed by atoms with Gasteiger partial charge in [0, 0.05) is 67.9 Å². The van der Waals surface area contributed by atoms with E-state index in [9.17, 15) is 0 Å². The maximum absolute atomic E-state index is 6.63. The van der Waals surface area contributed by atoms with Gasteiger partial charge in [-0.15, -0.1) is 34.0 Å². The lowest BCUT2D eigenvalue weighted by atomic mass is 9.93. The van der Waals surface area contributed by atoms with Gasteiger partial charge in [0.15, 0.2) is 0 Å². The highest BCUT2D eigenvalue weighted by Gasteiger charge is 2.31. The van der Waals surface area contributed by atoms with E-state index in [-0.39, 0.29) is 0 Å². The van der Waals surface area contributed by atoms with Crippen LogP contribution in [0, 0.1) is 13.8 Å². The maximum atomic E-state index is 6.63. The van der Waals surface area contributed by atoms with Gasteiger partial charge in [-0.3, -0.25) is 0 Å². The van der Waals surface area contributed by atoms with Crippen molar-refractivity contribution < 1.29 is 9.47 Å². The fourth-order valence-corrected chi connectivity index (χ4v) is 21.9. The quantitative estimate of drug-likeness (QED) is 0.0341. The van der Waals surface area contributed by atoms with Gasteiger partial charge in [-0.2, -0.15) is 17.5 Å². The molecule has 15 aromatic rings. The minimum atomic E-state index is 0.667. The molecule has 0 fully saturated rings. The summed E-state index contributed by atoms with van der Waals surface area (Å²) in [5, 5.41) is 2.66. The van der Waals surface area contributed by atoms with E-state index in [1.807, 2.05) is 22.7 Å². The Balaban J connectivity index is 0.927. The molecule has 7 aromatic heterocycles. The van der Waals surface area contributed by atoms with E-state index < -0.39 is 0 Å². The molecule has 0 aliphatic heterocycles. The van der Waals surface area contributed by atoms with Crippen molar-refractivity contribution in [2.24, 2.45) is 0 Å². The standard InChI is InChI=1S/C102H116N8O2S5/c1-7-11-15-19-23-25-27-29-31-38-56-78-80-66-86(89-95-82(68-83-96(89)108-116-107-83)103-91(72-50-42-46-69(5)62-72)93(104-95)74-52-44-54-76(64-74)111-60-40-33-21-17-13-9-3)114-101(80)79(57-39-32-30-28-26-24-20-16-12-8-2)81-67-87(115-102(78)81)90-98-97(88(99-100(90)110-117-109-99)85-59-58-84(113-85)71-48-36-35-37-49-71)106-94(92(105-98)73-51-43-47-70(6)63-73)75-53-45-55-77(65-75)112-61-41-34-22-18-14-10-4/h35-37,42-55,58-59,62-68H,7-34,38-41,56-57,60-61H2,1-6H3. The third kappa shape index (κ3) is 20.3.